The molecule has 0 aliphatic rings. The van der Waals surface area contributed by atoms with Crippen LogP contribution in [-0.2, 0) is 17.9 Å². The van der Waals surface area contributed by atoms with Gasteiger partial charge in [0.25, 0.3) is 5.91 Å². The second-order valence-corrected chi connectivity index (χ2v) is 10.6. The van der Waals surface area contributed by atoms with Crippen molar-refractivity contribution in [2.75, 3.05) is 20.2 Å². The fourth-order valence-electron chi connectivity index (χ4n) is 4.25. The lowest BCUT2D eigenvalue weighted by Gasteiger charge is -2.37. The van der Waals surface area contributed by atoms with Crippen LogP contribution in [0.2, 0.25) is 0 Å². The second-order valence-electron chi connectivity index (χ2n) is 10.6. The molecule has 2 amide bonds. The van der Waals surface area contributed by atoms with Gasteiger partial charge in [0.15, 0.2) is 0 Å². The quantitative estimate of drug-likeness (QED) is 0.379. The van der Waals surface area contributed by atoms with Crippen molar-refractivity contribution in [2.45, 2.75) is 53.2 Å². The zero-order valence-corrected chi connectivity index (χ0v) is 22.4. The monoisotopic (exact) mass is 489 g/mol. The molecule has 0 fully saturated rings. The lowest BCUT2D eigenvalue weighted by atomic mass is 10.0. The lowest BCUT2D eigenvalue weighted by molar-refractivity contribution is -0.137. The summed E-state index contributed by atoms with van der Waals surface area (Å²) in [5, 5.41) is 0. The number of ether oxygens (including phenoxy) is 1. The van der Waals surface area contributed by atoms with Gasteiger partial charge in [0.2, 0.25) is 5.91 Å². The first-order valence-corrected chi connectivity index (χ1v) is 12.5. The minimum absolute atomic E-state index is 0.0414. The van der Waals surface area contributed by atoms with E-state index in [2.05, 4.69) is 24.5 Å². The Hall–Kier alpha value is -3.54. The molecule has 0 radical (unpaired) electrons. The molecule has 1 heterocycles. The highest BCUT2D eigenvalue weighted by Gasteiger charge is 2.30. The largest absolute Gasteiger partial charge is 0.497 e. The van der Waals surface area contributed by atoms with Gasteiger partial charge >= 0.3 is 0 Å². The number of carbonyl (C=O) groups is 2. The third-order valence-electron chi connectivity index (χ3n) is 6.06. The van der Waals surface area contributed by atoms with Crippen LogP contribution in [0, 0.1) is 5.92 Å². The van der Waals surface area contributed by atoms with E-state index in [1.807, 2.05) is 80.4 Å². The Kier molecular flexibility index (Phi) is 8.97. The molecular formula is C30H39N3O3. The highest BCUT2D eigenvalue weighted by molar-refractivity contribution is 5.96. The highest BCUT2D eigenvalue weighted by atomic mass is 16.5. The number of hydrogen-bond acceptors (Lipinski definition) is 3. The molecule has 0 atom stereocenters. The van der Waals surface area contributed by atoms with E-state index in [0.717, 1.165) is 17.0 Å². The number of aromatic nitrogens is 1. The molecule has 0 aliphatic carbocycles. The fourth-order valence-corrected chi connectivity index (χ4v) is 4.25. The summed E-state index contributed by atoms with van der Waals surface area (Å²) in [7, 11) is 1.66. The molecule has 0 spiro atoms. The molecule has 36 heavy (non-hydrogen) atoms. The van der Waals surface area contributed by atoms with Gasteiger partial charge in [0.1, 0.15) is 12.3 Å². The van der Waals surface area contributed by atoms with Crippen molar-refractivity contribution in [3.05, 3.63) is 89.7 Å². The Morgan fingerprint density at radius 3 is 2.33 bits per heavy atom. The molecule has 0 saturated carbocycles. The normalized spacial score (nSPS) is 11.4. The summed E-state index contributed by atoms with van der Waals surface area (Å²) in [5.74, 6) is 0.879. The van der Waals surface area contributed by atoms with Gasteiger partial charge in [-0.3, -0.25) is 9.59 Å². The first kappa shape index (κ1) is 27.1. The predicted molar refractivity (Wildman–Crippen MR) is 144 cm³/mol. The maximum Gasteiger partial charge on any atom is 0.254 e. The third kappa shape index (κ3) is 7.23. The van der Waals surface area contributed by atoms with Crippen LogP contribution in [0.3, 0.4) is 0 Å². The fraction of sp³-hybridized carbons (Fsp3) is 0.400. The Morgan fingerprint density at radius 2 is 1.69 bits per heavy atom. The molecule has 2 aromatic carbocycles. The van der Waals surface area contributed by atoms with E-state index in [1.165, 1.54) is 0 Å². The maximum absolute atomic E-state index is 13.7. The van der Waals surface area contributed by atoms with Gasteiger partial charge in [-0.1, -0.05) is 44.2 Å². The van der Waals surface area contributed by atoms with Gasteiger partial charge in [0.05, 0.1) is 13.7 Å². The molecule has 0 bridgehead atoms. The van der Waals surface area contributed by atoms with Crippen LogP contribution in [-0.4, -0.2) is 51.9 Å². The molecule has 0 saturated heterocycles. The second kappa shape index (κ2) is 11.9. The molecule has 192 valence electrons. The predicted octanol–water partition coefficient (Wildman–Crippen LogP) is 5.47. The van der Waals surface area contributed by atoms with E-state index in [9.17, 15) is 9.59 Å². The summed E-state index contributed by atoms with van der Waals surface area (Å²) in [6.45, 7) is 11.9. The van der Waals surface area contributed by atoms with Crippen LogP contribution < -0.4 is 4.74 Å². The van der Waals surface area contributed by atoms with Crippen molar-refractivity contribution in [3.63, 3.8) is 0 Å². The average molecular weight is 490 g/mol. The van der Waals surface area contributed by atoms with Gasteiger partial charge in [0, 0.05) is 36.1 Å². The topological polar surface area (TPSA) is 54.8 Å². The van der Waals surface area contributed by atoms with Gasteiger partial charge < -0.3 is 19.1 Å². The number of hydrogen-bond donors (Lipinski definition) is 0. The van der Waals surface area contributed by atoms with Gasteiger partial charge in [-0.2, -0.15) is 0 Å². The van der Waals surface area contributed by atoms with E-state index in [4.69, 9.17) is 4.74 Å². The first-order valence-electron chi connectivity index (χ1n) is 12.5. The van der Waals surface area contributed by atoms with Crippen LogP contribution in [0.1, 0.15) is 56.2 Å². The number of amides is 2. The molecule has 6 nitrogen and oxygen atoms in total. The molecule has 3 aromatic rings. The van der Waals surface area contributed by atoms with E-state index < -0.39 is 5.54 Å². The summed E-state index contributed by atoms with van der Waals surface area (Å²) in [6, 6.07) is 21.2. The van der Waals surface area contributed by atoms with Gasteiger partial charge in [-0.15, -0.1) is 0 Å². The average Bonchev–Trinajstić information content (AvgIpc) is 3.27. The first-order chi connectivity index (χ1) is 17.1. The number of carbonyl (C=O) groups excluding carboxylic acids is 2. The molecule has 3 rings (SSSR count). The highest BCUT2D eigenvalue weighted by Crippen LogP contribution is 2.21. The van der Waals surface area contributed by atoms with Crippen molar-refractivity contribution < 1.29 is 14.3 Å². The zero-order chi connectivity index (χ0) is 26.3. The van der Waals surface area contributed by atoms with E-state index in [-0.39, 0.29) is 24.3 Å². The summed E-state index contributed by atoms with van der Waals surface area (Å²) < 4.78 is 7.52. The van der Waals surface area contributed by atoms with E-state index in [0.29, 0.717) is 25.2 Å². The minimum Gasteiger partial charge on any atom is -0.497 e. The lowest BCUT2D eigenvalue weighted by Crippen LogP contribution is -2.50. The van der Waals surface area contributed by atoms with Gasteiger partial charge in [-0.05, 0) is 68.7 Å². The van der Waals surface area contributed by atoms with Crippen LogP contribution >= 0.6 is 0 Å². The Labute approximate surface area is 215 Å². The molecule has 6 heteroatoms. The molecule has 0 aliphatic heterocycles. The van der Waals surface area contributed by atoms with Crippen molar-refractivity contribution >= 4 is 11.8 Å². The molecule has 0 N–H and O–H groups in total. The Bertz CT molecular complexity index is 1150. The molecule has 0 unspecified atom stereocenters. The van der Waals surface area contributed by atoms with Gasteiger partial charge in [-0.25, -0.2) is 0 Å². The summed E-state index contributed by atoms with van der Waals surface area (Å²) >= 11 is 0. The van der Waals surface area contributed by atoms with Crippen LogP contribution in [0.15, 0.2) is 72.9 Å². The SMILES string of the molecule is COc1cccc(Cn2cccc2CN(C(=O)CN(CC(C)C)C(=O)c2ccccc2)C(C)(C)C)c1. The Morgan fingerprint density at radius 1 is 0.972 bits per heavy atom. The standard InChI is InChI=1S/C30H39N3O3/c1-23(2)19-32(29(35)25-13-8-7-9-14-25)22-28(34)33(30(3,4)5)21-26-15-11-17-31(26)20-24-12-10-16-27(18-24)36-6/h7-18,23H,19-22H2,1-6H3. The minimum atomic E-state index is -0.415. The smallest absolute Gasteiger partial charge is 0.254 e. The zero-order valence-electron chi connectivity index (χ0n) is 22.4. The summed E-state index contributed by atoms with van der Waals surface area (Å²) in [4.78, 5) is 30.5. The number of nitrogens with zero attached hydrogens (tertiary/aromatic N) is 3. The van der Waals surface area contributed by atoms with Crippen LogP contribution in [0.5, 0.6) is 5.75 Å². The third-order valence-corrected chi connectivity index (χ3v) is 6.06. The summed E-state index contributed by atoms with van der Waals surface area (Å²) in [6.07, 6.45) is 2.03. The number of benzene rings is 2. The van der Waals surface area contributed by atoms with Crippen LogP contribution in [0.4, 0.5) is 0 Å². The van der Waals surface area contributed by atoms with Crippen molar-refractivity contribution in [3.8, 4) is 5.75 Å². The number of methoxy groups -OCH3 is 1. The van der Waals surface area contributed by atoms with E-state index >= 15 is 0 Å². The van der Waals surface area contributed by atoms with Crippen molar-refractivity contribution in [2.24, 2.45) is 5.92 Å². The van der Waals surface area contributed by atoms with E-state index in [1.54, 1.807) is 24.1 Å². The van der Waals surface area contributed by atoms with Crippen molar-refractivity contribution in [1.29, 1.82) is 0 Å². The van der Waals surface area contributed by atoms with Crippen molar-refractivity contribution in [1.82, 2.24) is 14.4 Å². The maximum atomic E-state index is 13.7. The number of rotatable bonds is 10. The van der Waals surface area contributed by atoms with Crippen LogP contribution in [0.25, 0.3) is 0 Å². The Balaban J connectivity index is 1.81. The molecule has 1 aromatic heterocycles. The molecular weight excluding hydrogens is 450 g/mol. The summed E-state index contributed by atoms with van der Waals surface area (Å²) in [5.41, 5.74) is 2.34.